The zero-order valence-electron chi connectivity index (χ0n) is 19.6. The predicted molar refractivity (Wildman–Crippen MR) is 127 cm³/mol. The van der Waals surface area contributed by atoms with Crippen LogP contribution < -0.4 is 5.73 Å². The van der Waals surface area contributed by atoms with Gasteiger partial charge in [0, 0.05) is 38.3 Å². The second-order valence-electron chi connectivity index (χ2n) is 8.69. The SMILES string of the molecule is C=CC(=O)N1CCN(CCCCCn2nc(-c3cc(F)cc(C(F)(F)F)c3)c3c(N)ncnc32)CC1. The summed E-state index contributed by atoms with van der Waals surface area (Å²) < 4.78 is 55.4. The first-order chi connectivity index (χ1) is 17.2. The number of carbonyl (C=O) groups excluding carboxylic acids is 1. The zero-order valence-corrected chi connectivity index (χ0v) is 19.6. The standard InChI is InChI=1S/C24H27F4N7O/c1-2-19(36)34-10-8-33(9-11-34)6-4-3-5-7-35-23-20(22(29)30-15-31-23)21(32-35)16-12-17(24(26,27)28)14-18(25)13-16/h2,12-15H,1,3-11H2,(H2,29,30,31). The number of unbranched alkanes of at least 4 members (excludes halogenated alkanes) is 2. The third-order valence-corrected chi connectivity index (χ3v) is 6.26. The third kappa shape index (κ3) is 5.64. The molecule has 0 aliphatic carbocycles. The average Bonchev–Trinajstić information content (AvgIpc) is 3.23. The molecule has 36 heavy (non-hydrogen) atoms. The Hall–Kier alpha value is -3.54. The summed E-state index contributed by atoms with van der Waals surface area (Å²) in [4.78, 5) is 24.0. The van der Waals surface area contributed by atoms with Gasteiger partial charge in [-0.25, -0.2) is 19.0 Å². The van der Waals surface area contributed by atoms with Gasteiger partial charge < -0.3 is 10.6 Å². The second-order valence-corrected chi connectivity index (χ2v) is 8.69. The van der Waals surface area contributed by atoms with Gasteiger partial charge in [-0.15, -0.1) is 0 Å². The summed E-state index contributed by atoms with van der Waals surface area (Å²) in [7, 11) is 0. The van der Waals surface area contributed by atoms with Crippen LogP contribution >= 0.6 is 0 Å². The molecule has 0 saturated carbocycles. The van der Waals surface area contributed by atoms with Crippen LogP contribution in [0, 0.1) is 5.82 Å². The molecule has 0 bridgehead atoms. The van der Waals surface area contributed by atoms with Crippen LogP contribution in [-0.2, 0) is 17.5 Å². The molecule has 3 aromatic rings. The Kier molecular flexibility index (Phi) is 7.53. The van der Waals surface area contributed by atoms with Crippen LogP contribution in [0.4, 0.5) is 23.4 Å². The van der Waals surface area contributed by atoms with Crippen molar-refractivity contribution < 1.29 is 22.4 Å². The van der Waals surface area contributed by atoms with Gasteiger partial charge in [-0.3, -0.25) is 9.69 Å². The van der Waals surface area contributed by atoms with E-state index in [0.29, 0.717) is 36.7 Å². The zero-order chi connectivity index (χ0) is 25.9. The van der Waals surface area contributed by atoms with E-state index in [0.717, 1.165) is 51.0 Å². The highest BCUT2D eigenvalue weighted by atomic mass is 19.4. The van der Waals surface area contributed by atoms with Gasteiger partial charge in [0.1, 0.15) is 23.7 Å². The number of anilines is 1. The lowest BCUT2D eigenvalue weighted by atomic mass is 10.1. The van der Waals surface area contributed by atoms with Crippen molar-refractivity contribution in [2.24, 2.45) is 0 Å². The number of aryl methyl sites for hydroxylation is 1. The first kappa shape index (κ1) is 25.5. The van der Waals surface area contributed by atoms with Gasteiger partial charge in [-0.2, -0.15) is 18.3 Å². The molecule has 4 rings (SSSR count). The number of carbonyl (C=O) groups is 1. The van der Waals surface area contributed by atoms with E-state index in [9.17, 15) is 22.4 Å². The summed E-state index contributed by atoms with van der Waals surface area (Å²) in [6.45, 7) is 7.89. The molecule has 12 heteroatoms. The number of hydrogen-bond acceptors (Lipinski definition) is 6. The monoisotopic (exact) mass is 505 g/mol. The number of hydrogen-bond donors (Lipinski definition) is 1. The maximum absolute atomic E-state index is 14.0. The minimum atomic E-state index is -4.70. The molecular formula is C24H27F4N7O. The molecule has 3 heterocycles. The first-order valence-electron chi connectivity index (χ1n) is 11.7. The van der Waals surface area contributed by atoms with Crippen LogP contribution in [0.2, 0.25) is 0 Å². The molecule has 1 aliphatic rings. The van der Waals surface area contributed by atoms with E-state index < -0.39 is 17.6 Å². The molecule has 0 atom stereocenters. The number of rotatable bonds is 8. The average molecular weight is 506 g/mol. The molecule has 0 spiro atoms. The maximum atomic E-state index is 14.0. The topological polar surface area (TPSA) is 93.2 Å². The fourth-order valence-electron chi connectivity index (χ4n) is 4.37. The molecule has 192 valence electrons. The Balaban J connectivity index is 1.42. The molecule has 0 radical (unpaired) electrons. The molecular weight excluding hydrogens is 478 g/mol. The normalized spacial score (nSPS) is 14.9. The van der Waals surface area contributed by atoms with Gasteiger partial charge in [-0.1, -0.05) is 13.0 Å². The van der Waals surface area contributed by atoms with Gasteiger partial charge in [0.05, 0.1) is 10.9 Å². The third-order valence-electron chi connectivity index (χ3n) is 6.26. The van der Waals surface area contributed by atoms with Crippen molar-refractivity contribution in [3.8, 4) is 11.3 Å². The maximum Gasteiger partial charge on any atom is 0.416 e. The number of amides is 1. The van der Waals surface area contributed by atoms with Crippen LogP contribution in [0.15, 0.2) is 37.2 Å². The summed E-state index contributed by atoms with van der Waals surface area (Å²) in [5.74, 6) is -1.00. The smallest absolute Gasteiger partial charge is 0.383 e. The number of nitrogens with zero attached hydrogens (tertiary/aromatic N) is 6. The number of piperazine rings is 1. The molecule has 8 nitrogen and oxygen atoms in total. The molecule has 1 fully saturated rings. The molecule has 1 amide bonds. The van der Waals surface area contributed by atoms with Crippen molar-refractivity contribution in [1.82, 2.24) is 29.5 Å². The molecule has 2 aromatic heterocycles. The van der Waals surface area contributed by atoms with Crippen molar-refractivity contribution >= 4 is 22.8 Å². The van der Waals surface area contributed by atoms with Crippen molar-refractivity contribution in [2.75, 3.05) is 38.5 Å². The van der Waals surface area contributed by atoms with Gasteiger partial charge in [-0.05, 0) is 43.7 Å². The highest BCUT2D eigenvalue weighted by Gasteiger charge is 2.32. The van der Waals surface area contributed by atoms with Crippen LogP contribution in [0.1, 0.15) is 24.8 Å². The Morgan fingerprint density at radius 2 is 1.78 bits per heavy atom. The Bertz CT molecular complexity index is 1250. The lowest BCUT2D eigenvalue weighted by molar-refractivity contribution is -0.137. The minimum Gasteiger partial charge on any atom is -0.383 e. The Morgan fingerprint density at radius 1 is 1.06 bits per heavy atom. The van der Waals surface area contributed by atoms with E-state index in [2.05, 4.69) is 26.5 Å². The molecule has 1 aliphatic heterocycles. The van der Waals surface area contributed by atoms with Gasteiger partial charge in [0.25, 0.3) is 0 Å². The fraction of sp³-hybridized carbons (Fsp3) is 0.417. The summed E-state index contributed by atoms with van der Waals surface area (Å²) in [6.07, 6.45) is 0.487. The van der Waals surface area contributed by atoms with Crippen molar-refractivity contribution in [2.45, 2.75) is 32.0 Å². The van der Waals surface area contributed by atoms with Gasteiger partial charge in [0.2, 0.25) is 5.91 Å². The quantitative estimate of drug-likeness (QED) is 0.285. The molecule has 0 unspecified atom stereocenters. The number of halogens is 4. The van der Waals surface area contributed by atoms with Crippen LogP contribution in [-0.4, -0.2) is 68.2 Å². The van der Waals surface area contributed by atoms with Crippen LogP contribution in [0.25, 0.3) is 22.3 Å². The molecule has 1 aromatic carbocycles. The molecule has 2 N–H and O–H groups in total. The van der Waals surface area contributed by atoms with Crippen LogP contribution in [0.5, 0.6) is 0 Å². The van der Waals surface area contributed by atoms with E-state index >= 15 is 0 Å². The van der Waals surface area contributed by atoms with E-state index in [1.165, 1.54) is 12.4 Å². The lowest BCUT2D eigenvalue weighted by Gasteiger charge is -2.34. The number of benzene rings is 1. The lowest BCUT2D eigenvalue weighted by Crippen LogP contribution is -2.48. The highest BCUT2D eigenvalue weighted by molar-refractivity contribution is 5.98. The molecule has 1 saturated heterocycles. The Morgan fingerprint density at radius 3 is 2.47 bits per heavy atom. The number of aromatic nitrogens is 4. The number of nitrogens with two attached hydrogens (primary N) is 1. The van der Waals surface area contributed by atoms with E-state index in [4.69, 9.17) is 5.73 Å². The van der Waals surface area contributed by atoms with Crippen LogP contribution in [0.3, 0.4) is 0 Å². The first-order valence-corrected chi connectivity index (χ1v) is 11.7. The summed E-state index contributed by atoms with van der Waals surface area (Å²) in [5, 5.41) is 4.74. The summed E-state index contributed by atoms with van der Waals surface area (Å²) >= 11 is 0. The second kappa shape index (κ2) is 10.6. The van der Waals surface area contributed by atoms with Gasteiger partial charge >= 0.3 is 6.18 Å². The highest BCUT2D eigenvalue weighted by Crippen LogP contribution is 2.36. The number of fused-ring (bicyclic) bond motifs is 1. The minimum absolute atomic E-state index is 0.0401. The van der Waals surface area contributed by atoms with Crippen molar-refractivity contribution in [1.29, 1.82) is 0 Å². The number of nitrogen functional groups attached to an aromatic ring is 1. The fourth-order valence-corrected chi connectivity index (χ4v) is 4.37. The summed E-state index contributed by atoms with van der Waals surface area (Å²) in [5.41, 5.74) is 5.36. The van der Waals surface area contributed by atoms with E-state index in [-0.39, 0.29) is 23.0 Å². The largest absolute Gasteiger partial charge is 0.416 e. The summed E-state index contributed by atoms with van der Waals surface area (Å²) in [6, 6.07) is 2.29. The van der Waals surface area contributed by atoms with Crippen molar-refractivity contribution in [3.05, 3.63) is 48.6 Å². The number of alkyl halides is 3. The van der Waals surface area contributed by atoms with E-state index in [1.54, 1.807) is 9.58 Å². The van der Waals surface area contributed by atoms with Crippen molar-refractivity contribution in [3.63, 3.8) is 0 Å². The Labute approximate surface area is 205 Å². The van der Waals surface area contributed by atoms with E-state index in [1.807, 2.05) is 0 Å². The van der Waals surface area contributed by atoms with Gasteiger partial charge in [0.15, 0.2) is 5.65 Å². The predicted octanol–water partition coefficient (Wildman–Crippen LogP) is 3.73.